The SMILES string of the molecule is COCCOCCCOc1cc(Br)ccc1[C@@H](C)N. The normalized spacial score (nSPS) is 12.4. The van der Waals surface area contributed by atoms with Gasteiger partial charge in [-0.05, 0) is 19.1 Å². The smallest absolute Gasteiger partial charge is 0.125 e. The van der Waals surface area contributed by atoms with Crippen molar-refractivity contribution < 1.29 is 14.2 Å². The summed E-state index contributed by atoms with van der Waals surface area (Å²) in [6.07, 6.45) is 0.842. The molecule has 0 aliphatic heterocycles. The van der Waals surface area contributed by atoms with E-state index in [1.165, 1.54) is 0 Å². The van der Waals surface area contributed by atoms with E-state index in [4.69, 9.17) is 19.9 Å². The summed E-state index contributed by atoms with van der Waals surface area (Å²) >= 11 is 3.44. The quantitative estimate of drug-likeness (QED) is 0.707. The molecule has 0 saturated carbocycles. The van der Waals surface area contributed by atoms with Crippen molar-refractivity contribution in [3.8, 4) is 5.75 Å². The average molecular weight is 332 g/mol. The second-order valence-corrected chi connectivity index (χ2v) is 5.19. The molecule has 0 fully saturated rings. The lowest BCUT2D eigenvalue weighted by molar-refractivity contribution is 0.0644. The molecular weight excluding hydrogens is 310 g/mol. The van der Waals surface area contributed by atoms with Crippen molar-refractivity contribution in [2.75, 3.05) is 33.5 Å². The third-order valence-electron chi connectivity index (χ3n) is 2.59. The third kappa shape index (κ3) is 6.38. The predicted molar refractivity (Wildman–Crippen MR) is 79.6 cm³/mol. The first-order valence-electron chi connectivity index (χ1n) is 6.39. The summed E-state index contributed by atoms with van der Waals surface area (Å²) in [4.78, 5) is 0. The molecule has 1 atom stereocenters. The zero-order chi connectivity index (χ0) is 14.1. The van der Waals surface area contributed by atoms with Crippen molar-refractivity contribution in [3.63, 3.8) is 0 Å². The Morgan fingerprint density at radius 1 is 1.21 bits per heavy atom. The van der Waals surface area contributed by atoms with E-state index in [1.807, 2.05) is 25.1 Å². The van der Waals surface area contributed by atoms with Crippen LogP contribution >= 0.6 is 15.9 Å². The molecule has 1 aromatic rings. The van der Waals surface area contributed by atoms with Gasteiger partial charge in [0.2, 0.25) is 0 Å². The molecule has 1 aromatic carbocycles. The van der Waals surface area contributed by atoms with Crippen LogP contribution in [0.15, 0.2) is 22.7 Å². The van der Waals surface area contributed by atoms with Gasteiger partial charge in [-0.15, -0.1) is 0 Å². The molecule has 5 heteroatoms. The highest BCUT2D eigenvalue weighted by atomic mass is 79.9. The van der Waals surface area contributed by atoms with Crippen LogP contribution in [-0.2, 0) is 9.47 Å². The first-order valence-corrected chi connectivity index (χ1v) is 7.19. The molecule has 0 aromatic heterocycles. The highest BCUT2D eigenvalue weighted by Crippen LogP contribution is 2.27. The Bertz CT molecular complexity index is 372. The fraction of sp³-hybridized carbons (Fsp3) is 0.571. The molecule has 0 amide bonds. The van der Waals surface area contributed by atoms with Crippen LogP contribution in [0.4, 0.5) is 0 Å². The van der Waals surface area contributed by atoms with E-state index in [0.717, 1.165) is 22.2 Å². The lowest BCUT2D eigenvalue weighted by Crippen LogP contribution is -2.10. The number of halogens is 1. The Morgan fingerprint density at radius 3 is 2.68 bits per heavy atom. The van der Waals surface area contributed by atoms with E-state index in [2.05, 4.69) is 15.9 Å². The number of hydrogen-bond donors (Lipinski definition) is 1. The maximum Gasteiger partial charge on any atom is 0.125 e. The molecule has 0 saturated heterocycles. The molecule has 0 spiro atoms. The maximum absolute atomic E-state index is 5.92. The van der Waals surface area contributed by atoms with Gasteiger partial charge in [-0.3, -0.25) is 0 Å². The van der Waals surface area contributed by atoms with Crippen LogP contribution in [0.5, 0.6) is 5.75 Å². The number of benzene rings is 1. The highest BCUT2D eigenvalue weighted by molar-refractivity contribution is 9.10. The number of rotatable bonds is 9. The Balaban J connectivity index is 2.34. The predicted octanol–water partition coefficient (Wildman–Crippen LogP) is 2.90. The average Bonchev–Trinajstić information content (AvgIpc) is 2.37. The van der Waals surface area contributed by atoms with Gasteiger partial charge in [-0.2, -0.15) is 0 Å². The third-order valence-corrected chi connectivity index (χ3v) is 3.08. The first-order chi connectivity index (χ1) is 9.15. The maximum atomic E-state index is 5.92. The van der Waals surface area contributed by atoms with Gasteiger partial charge in [-0.25, -0.2) is 0 Å². The molecule has 1 rings (SSSR count). The van der Waals surface area contributed by atoms with Crippen molar-refractivity contribution in [1.29, 1.82) is 0 Å². The molecule has 0 unspecified atom stereocenters. The van der Waals surface area contributed by atoms with Crippen molar-refractivity contribution in [2.24, 2.45) is 5.73 Å². The van der Waals surface area contributed by atoms with Crippen LogP contribution in [0.2, 0.25) is 0 Å². The molecule has 2 N–H and O–H groups in total. The van der Waals surface area contributed by atoms with Crippen molar-refractivity contribution in [1.82, 2.24) is 0 Å². The fourth-order valence-corrected chi connectivity index (χ4v) is 1.94. The monoisotopic (exact) mass is 331 g/mol. The second kappa shape index (κ2) is 9.31. The standard InChI is InChI=1S/C14H22BrNO3/c1-11(16)13-5-4-12(15)10-14(13)19-7-3-6-18-9-8-17-2/h4-5,10-11H,3,6-9,16H2,1-2H3/t11-/m1/s1. The van der Waals surface area contributed by atoms with Crippen molar-refractivity contribution >= 4 is 15.9 Å². The van der Waals surface area contributed by atoms with E-state index >= 15 is 0 Å². The topological polar surface area (TPSA) is 53.7 Å². The Kier molecular flexibility index (Phi) is 8.05. The Morgan fingerprint density at radius 2 is 2.00 bits per heavy atom. The zero-order valence-corrected chi connectivity index (χ0v) is 13.1. The van der Waals surface area contributed by atoms with Crippen LogP contribution in [0.25, 0.3) is 0 Å². The lowest BCUT2D eigenvalue weighted by Gasteiger charge is -2.14. The molecule has 0 bridgehead atoms. The number of methoxy groups -OCH3 is 1. The summed E-state index contributed by atoms with van der Waals surface area (Å²) in [5.74, 6) is 0.835. The van der Waals surface area contributed by atoms with Crippen LogP contribution in [0, 0.1) is 0 Å². The molecule has 0 radical (unpaired) electrons. The van der Waals surface area contributed by atoms with Gasteiger partial charge in [-0.1, -0.05) is 22.0 Å². The van der Waals surface area contributed by atoms with Crippen LogP contribution < -0.4 is 10.5 Å². The van der Waals surface area contributed by atoms with Gasteiger partial charge < -0.3 is 19.9 Å². The minimum Gasteiger partial charge on any atom is -0.493 e. The van der Waals surface area contributed by atoms with Gasteiger partial charge in [0.1, 0.15) is 5.75 Å². The summed E-state index contributed by atoms with van der Waals surface area (Å²) in [6, 6.07) is 5.87. The Hall–Kier alpha value is -0.620. The van der Waals surface area contributed by atoms with E-state index in [1.54, 1.807) is 7.11 Å². The highest BCUT2D eigenvalue weighted by Gasteiger charge is 2.08. The largest absolute Gasteiger partial charge is 0.493 e. The number of ether oxygens (including phenoxy) is 3. The molecule has 108 valence electrons. The van der Waals surface area contributed by atoms with Crippen molar-refractivity contribution in [3.05, 3.63) is 28.2 Å². The summed E-state index contributed by atoms with van der Waals surface area (Å²) in [5, 5.41) is 0. The van der Waals surface area contributed by atoms with E-state index in [0.29, 0.717) is 26.4 Å². The molecule has 19 heavy (non-hydrogen) atoms. The van der Waals surface area contributed by atoms with E-state index in [9.17, 15) is 0 Å². The van der Waals surface area contributed by atoms with E-state index < -0.39 is 0 Å². The Labute approximate surface area is 123 Å². The van der Waals surface area contributed by atoms with Gasteiger partial charge >= 0.3 is 0 Å². The number of nitrogens with two attached hydrogens (primary N) is 1. The summed E-state index contributed by atoms with van der Waals surface area (Å²) in [6.45, 7) is 4.48. The molecule has 0 heterocycles. The van der Waals surface area contributed by atoms with Gasteiger partial charge in [0.15, 0.2) is 0 Å². The van der Waals surface area contributed by atoms with Gasteiger partial charge in [0.25, 0.3) is 0 Å². The zero-order valence-electron chi connectivity index (χ0n) is 11.5. The van der Waals surface area contributed by atoms with Crippen LogP contribution in [-0.4, -0.2) is 33.5 Å². The molecular formula is C14H22BrNO3. The molecule has 4 nitrogen and oxygen atoms in total. The number of hydrogen-bond acceptors (Lipinski definition) is 4. The van der Waals surface area contributed by atoms with Gasteiger partial charge in [0, 0.05) is 36.2 Å². The van der Waals surface area contributed by atoms with Gasteiger partial charge in [0.05, 0.1) is 19.8 Å². The summed E-state index contributed by atoms with van der Waals surface area (Å²) in [5.41, 5.74) is 6.93. The fourth-order valence-electron chi connectivity index (χ4n) is 1.60. The van der Waals surface area contributed by atoms with E-state index in [-0.39, 0.29) is 6.04 Å². The summed E-state index contributed by atoms with van der Waals surface area (Å²) in [7, 11) is 1.66. The minimum absolute atomic E-state index is 0.0407. The first kappa shape index (κ1) is 16.4. The van der Waals surface area contributed by atoms with Crippen molar-refractivity contribution in [2.45, 2.75) is 19.4 Å². The summed E-state index contributed by atoms with van der Waals surface area (Å²) < 4.78 is 17.0. The second-order valence-electron chi connectivity index (χ2n) is 4.28. The lowest BCUT2D eigenvalue weighted by atomic mass is 10.1. The van der Waals surface area contributed by atoms with Crippen LogP contribution in [0.3, 0.4) is 0 Å². The molecule has 0 aliphatic rings. The molecule has 0 aliphatic carbocycles. The minimum atomic E-state index is -0.0407. The van der Waals surface area contributed by atoms with Crippen LogP contribution in [0.1, 0.15) is 24.9 Å².